The molecule has 1 heterocycles. The molecule has 1 aromatic heterocycles. The normalized spacial score (nSPS) is 12.0. The van der Waals surface area contributed by atoms with Gasteiger partial charge in [-0.3, -0.25) is 0 Å². The summed E-state index contributed by atoms with van der Waals surface area (Å²) >= 11 is 0. The van der Waals surface area contributed by atoms with E-state index < -0.39 is 0 Å². The summed E-state index contributed by atoms with van der Waals surface area (Å²) in [4.78, 5) is 0. The number of nitrogen functional groups attached to an aromatic ring is 1. The highest BCUT2D eigenvalue weighted by molar-refractivity contribution is 5.05. The maximum Gasteiger partial charge on any atom is 0.374 e. The molecule has 0 amide bonds. The average Bonchev–Trinajstić information content (AvgIpc) is 2.11. The summed E-state index contributed by atoms with van der Waals surface area (Å²) in [5.41, 5.74) is 5.63. The summed E-state index contributed by atoms with van der Waals surface area (Å²) in [5.74, 6) is 1.56. The Labute approximate surface area is 66.4 Å². The highest BCUT2D eigenvalue weighted by Crippen LogP contribution is 2.15. The van der Waals surface area contributed by atoms with Crippen molar-refractivity contribution in [3.8, 4) is 0 Å². The number of hydrogen-bond donors (Lipinski definition) is 2. The summed E-state index contributed by atoms with van der Waals surface area (Å²) < 4.78 is 1.86. The minimum absolute atomic E-state index is 0.0688. The summed E-state index contributed by atoms with van der Waals surface area (Å²) in [7, 11) is 1.90. The predicted octanol–water partition coefficient (Wildman–Crippen LogP) is 0.114. The fraction of sp³-hybridized carbons (Fsp3) is 0.714. The molecule has 1 rings (SSSR count). The van der Waals surface area contributed by atoms with E-state index in [0.29, 0.717) is 5.95 Å². The number of hydrogen-bond acceptors (Lipinski definition) is 2. The predicted molar refractivity (Wildman–Crippen MR) is 42.9 cm³/mol. The maximum atomic E-state index is 5.56. The van der Waals surface area contributed by atoms with E-state index in [1.165, 1.54) is 0 Å². The Balaban J connectivity index is 3.15. The van der Waals surface area contributed by atoms with Gasteiger partial charge in [0.2, 0.25) is 5.82 Å². The molecule has 11 heavy (non-hydrogen) atoms. The van der Waals surface area contributed by atoms with Gasteiger partial charge in [0.25, 0.3) is 0 Å². The molecular formula is C7H15N4+. The first-order valence-corrected chi connectivity index (χ1v) is 3.63. The van der Waals surface area contributed by atoms with Gasteiger partial charge in [-0.05, 0) is 0 Å². The number of H-pyrrole nitrogens is 1. The van der Waals surface area contributed by atoms with E-state index in [4.69, 9.17) is 5.73 Å². The van der Waals surface area contributed by atoms with Gasteiger partial charge in [-0.2, -0.15) is 5.10 Å². The van der Waals surface area contributed by atoms with E-state index in [-0.39, 0.29) is 5.41 Å². The Morgan fingerprint density at radius 3 is 2.18 bits per heavy atom. The van der Waals surface area contributed by atoms with E-state index in [1.807, 2.05) is 11.6 Å². The Kier molecular flexibility index (Phi) is 1.62. The number of nitrogens with one attached hydrogen (secondary N) is 1. The van der Waals surface area contributed by atoms with Gasteiger partial charge >= 0.3 is 5.95 Å². The van der Waals surface area contributed by atoms with Crippen LogP contribution in [0.5, 0.6) is 0 Å². The Bertz CT molecular complexity index is 256. The zero-order valence-electron chi connectivity index (χ0n) is 7.47. The number of aromatic nitrogens is 3. The fourth-order valence-electron chi connectivity index (χ4n) is 1.05. The maximum absolute atomic E-state index is 5.56. The van der Waals surface area contributed by atoms with Crippen LogP contribution in [0.1, 0.15) is 26.6 Å². The van der Waals surface area contributed by atoms with E-state index in [0.717, 1.165) is 5.82 Å². The van der Waals surface area contributed by atoms with Crippen molar-refractivity contribution < 1.29 is 4.57 Å². The van der Waals surface area contributed by atoms with E-state index in [2.05, 4.69) is 31.0 Å². The molecule has 3 N–H and O–H groups in total. The van der Waals surface area contributed by atoms with Gasteiger partial charge in [-0.25, -0.2) is 4.57 Å². The molecule has 0 saturated heterocycles. The largest absolute Gasteiger partial charge is 0.374 e. The number of aromatic amines is 1. The zero-order valence-corrected chi connectivity index (χ0v) is 7.47. The third kappa shape index (κ3) is 1.34. The molecule has 0 aliphatic rings. The van der Waals surface area contributed by atoms with Gasteiger partial charge < -0.3 is 5.73 Å². The first-order chi connectivity index (χ1) is 4.93. The molecular weight excluding hydrogens is 140 g/mol. The van der Waals surface area contributed by atoms with Gasteiger partial charge in [-0.15, -0.1) is 0 Å². The second-order valence-electron chi connectivity index (χ2n) is 3.74. The lowest BCUT2D eigenvalue weighted by atomic mass is 9.96. The van der Waals surface area contributed by atoms with E-state index in [9.17, 15) is 0 Å². The minimum Gasteiger partial charge on any atom is -0.305 e. The summed E-state index contributed by atoms with van der Waals surface area (Å²) in [5, 5.41) is 6.80. The molecule has 1 aromatic rings. The monoisotopic (exact) mass is 155 g/mol. The first kappa shape index (κ1) is 8.04. The number of anilines is 1. The minimum atomic E-state index is 0.0688. The molecule has 0 aliphatic heterocycles. The molecule has 0 fully saturated rings. The lowest BCUT2D eigenvalue weighted by Crippen LogP contribution is -2.39. The van der Waals surface area contributed by atoms with Crippen LogP contribution in [0.25, 0.3) is 0 Å². The fourth-order valence-corrected chi connectivity index (χ4v) is 1.05. The van der Waals surface area contributed by atoms with Crippen molar-refractivity contribution in [2.75, 3.05) is 5.73 Å². The van der Waals surface area contributed by atoms with Crippen LogP contribution in [0.2, 0.25) is 0 Å². The summed E-state index contributed by atoms with van der Waals surface area (Å²) in [6.07, 6.45) is 0. The van der Waals surface area contributed by atoms with Crippen molar-refractivity contribution in [1.29, 1.82) is 0 Å². The van der Waals surface area contributed by atoms with Crippen molar-refractivity contribution in [3.63, 3.8) is 0 Å². The highest BCUT2D eigenvalue weighted by Gasteiger charge is 2.25. The van der Waals surface area contributed by atoms with Crippen molar-refractivity contribution >= 4 is 5.95 Å². The van der Waals surface area contributed by atoms with Crippen molar-refractivity contribution in [2.45, 2.75) is 26.2 Å². The zero-order chi connectivity index (χ0) is 8.65. The summed E-state index contributed by atoms with van der Waals surface area (Å²) in [6.45, 7) is 6.33. The third-order valence-electron chi connectivity index (χ3n) is 1.67. The standard InChI is InChI=1S/C7H14N4/c1-7(2,3)5-9-10-6(8)11(5)4/h1-4H3,(H2,8,10)/p+1. The molecule has 0 saturated carbocycles. The average molecular weight is 155 g/mol. The highest BCUT2D eigenvalue weighted by atomic mass is 15.3. The quantitative estimate of drug-likeness (QED) is 0.522. The van der Waals surface area contributed by atoms with Crippen LogP contribution < -0.4 is 10.3 Å². The molecule has 0 spiro atoms. The molecule has 0 unspecified atom stereocenters. The molecule has 0 aliphatic carbocycles. The van der Waals surface area contributed by atoms with Crippen LogP contribution in [0.15, 0.2) is 0 Å². The van der Waals surface area contributed by atoms with Crippen molar-refractivity contribution in [1.82, 2.24) is 10.2 Å². The molecule has 4 heteroatoms. The van der Waals surface area contributed by atoms with Crippen LogP contribution in [0, 0.1) is 0 Å². The number of nitrogens with two attached hydrogens (primary N) is 1. The second kappa shape index (κ2) is 2.22. The number of rotatable bonds is 0. The van der Waals surface area contributed by atoms with E-state index in [1.54, 1.807) is 0 Å². The lowest BCUT2D eigenvalue weighted by Gasteiger charge is -2.12. The van der Waals surface area contributed by atoms with Gasteiger partial charge in [-0.1, -0.05) is 20.8 Å². The number of nitrogens with zero attached hydrogens (tertiary/aromatic N) is 2. The van der Waals surface area contributed by atoms with Crippen LogP contribution >= 0.6 is 0 Å². The van der Waals surface area contributed by atoms with Crippen LogP contribution in [-0.4, -0.2) is 10.2 Å². The van der Waals surface area contributed by atoms with Crippen molar-refractivity contribution in [2.24, 2.45) is 7.05 Å². The molecule has 62 valence electrons. The Morgan fingerprint density at radius 1 is 1.45 bits per heavy atom. The molecule has 0 bridgehead atoms. The second-order valence-corrected chi connectivity index (χ2v) is 3.74. The van der Waals surface area contributed by atoms with Crippen LogP contribution in [0.3, 0.4) is 0 Å². The SMILES string of the molecule is C[n+]1c(N)n[nH]c1C(C)(C)C. The Hall–Kier alpha value is -1.06. The molecule has 0 radical (unpaired) electrons. The van der Waals surface area contributed by atoms with Crippen molar-refractivity contribution in [3.05, 3.63) is 5.82 Å². The molecule has 0 atom stereocenters. The lowest BCUT2D eigenvalue weighted by molar-refractivity contribution is -0.668. The van der Waals surface area contributed by atoms with Crippen LogP contribution in [0.4, 0.5) is 5.95 Å². The third-order valence-corrected chi connectivity index (χ3v) is 1.67. The van der Waals surface area contributed by atoms with E-state index >= 15 is 0 Å². The van der Waals surface area contributed by atoms with Gasteiger partial charge in [0, 0.05) is 10.5 Å². The molecule has 0 aromatic carbocycles. The first-order valence-electron chi connectivity index (χ1n) is 3.63. The van der Waals surface area contributed by atoms with Gasteiger partial charge in [0.05, 0.1) is 7.05 Å². The van der Waals surface area contributed by atoms with Gasteiger partial charge in [0.15, 0.2) is 0 Å². The topological polar surface area (TPSA) is 58.6 Å². The summed E-state index contributed by atoms with van der Waals surface area (Å²) in [6, 6.07) is 0. The smallest absolute Gasteiger partial charge is 0.305 e. The van der Waals surface area contributed by atoms with Crippen LogP contribution in [-0.2, 0) is 12.5 Å². The van der Waals surface area contributed by atoms with Gasteiger partial charge in [0.1, 0.15) is 0 Å². The molecule has 4 nitrogen and oxygen atoms in total. The Morgan fingerprint density at radius 2 is 2.00 bits per heavy atom.